The number of hydrogen-bond acceptors (Lipinski definition) is 3. The predicted molar refractivity (Wildman–Crippen MR) is 109 cm³/mol. The van der Waals surface area contributed by atoms with Gasteiger partial charge in [-0.25, -0.2) is 4.79 Å². The van der Waals surface area contributed by atoms with Gasteiger partial charge in [-0.15, -0.1) is 0 Å². The van der Waals surface area contributed by atoms with Crippen LogP contribution in [0.15, 0.2) is 24.3 Å². The number of carbonyl (C=O) groups excluding carboxylic acids is 1. The number of morpholine rings is 1. The highest BCUT2D eigenvalue weighted by molar-refractivity contribution is 14.1. The summed E-state index contributed by atoms with van der Waals surface area (Å²) < 4.78 is 6.89. The maximum Gasteiger partial charge on any atom is 0.321 e. The lowest BCUT2D eigenvalue weighted by Crippen LogP contribution is -2.49. The van der Waals surface area contributed by atoms with Crippen molar-refractivity contribution < 1.29 is 9.53 Å². The Morgan fingerprint density at radius 1 is 1.20 bits per heavy atom. The van der Waals surface area contributed by atoms with Gasteiger partial charge >= 0.3 is 6.03 Å². The van der Waals surface area contributed by atoms with E-state index in [1.54, 1.807) is 0 Å². The maximum atomic E-state index is 12.5. The number of benzene rings is 1. The molecule has 0 aliphatic carbocycles. The van der Waals surface area contributed by atoms with E-state index < -0.39 is 0 Å². The van der Waals surface area contributed by atoms with Gasteiger partial charge in [0.2, 0.25) is 0 Å². The molecule has 0 saturated carbocycles. The van der Waals surface area contributed by atoms with E-state index in [0.717, 1.165) is 54.8 Å². The van der Waals surface area contributed by atoms with Gasteiger partial charge in [0.1, 0.15) is 0 Å². The van der Waals surface area contributed by atoms with Crippen LogP contribution in [-0.2, 0) is 4.74 Å². The van der Waals surface area contributed by atoms with Crippen LogP contribution in [-0.4, -0.2) is 60.8 Å². The average Bonchev–Trinajstić information content (AvgIpc) is 2.56. The number of rotatable bonds is 3. The number of piperidine rings is 1. The van der Waals surface area contributed by atoms with Gasteiger partial charge in [-0.1, -0.05) is 12.1 Å². The van der Waals surface area contributed by atoms with Crippen molar-refractivity contribution in [3.63, 3.8) is 0 Å². The van der Waals surface area contributed by atoms with Crippen LogP contribution in [0.25, 0.3) is 0 Å². The molecule has 1 N–H and O–H groups in total. The minimum absolute atomic E-state index is 0.0242. The van der Waals surface area contributed by atoms with Gasteiger partial charge in [-0.05, 0) is 67.3 Å². The fourth-order valence-corrected chi connectivity index (χ4v) is 4.40. The van der Waals surface area contributed by atoms with Gasteiger partial charge in [0.25, 0.3) is 0 Å². The van der Waals surface area contributed by atoms with E-state index in [-0.39, 0.29) is 6.03 Å². The van der Waals surface area contributed by atoms with Gasteiger partial charge in [0, 0.05) is 36.3 Å². The molecule has 1 aromatic carbocycles. The molecule has 0 bridgehead atoms. The number of likely N-dealkylation sites (tertiary alicyclic amines) is 1. The summed E-state index contributed by atoms with van der Waals surface area (Å²) in [6.07, 6.45) is 2.81. The van der Waals surface area contributed by atoms with Gasteiger partial charge in [0.05, 0.1) is 17.9 Å². The number of carbonyl (C=O) groups is 1. The number of para-hydroxylation sites is 1. The van der Waals surface area contributed by atoms with Crippen LogP contribution in [0.3, 0.4) is 0 Å². The average molecular weight is 457 g/mol. The summed E-state index contributed by atoms with van der Waals surface area (Å²) >= 11 is 2.25. The fourth-order valence-electron chi connectivity index (χ4n) is 3.87. The minimum Gasteiger partial charge on any atom is -0.373 e. The molecule has 0 radical (unpaired) electrons. The van der Waals surface area contributed by atoms with Gasteiger partial charge in [-0.2, -0.15) is 0 Å². The third-order valence-electron chi connectivity index (χ3n) is 5.03. The minimum atomic E-state index is 0.0242. The zero-order valence-electron chi connectivity index (χ0n) is 15.1. The first-order valence-corrected chi connectivity index (χ1v) is 10.3. The lowest BCUT2D eigenvalue weighted by Gasteiger charge is -2.39. The molecule has 5 nitrogen and oxygen atoms in total. The number of hydrogen-bond donors (Lipinski definition) is 1. The summed E-state index contributed by atoms with van der Waals surface area (Å²) in [5, 5.41) is 3.04. The molecule has 2 heterocycles. The second-order valence-electron chi connectivity index (χ2n) is 7.32. The summed E-state index contributed by atoms with van der Waals surface area (Å²) in [5.41, 5.74) is 0.895. The van der Waals surface area contributed by atoms with Crippen molar-refractivity contribution in [3.8, 4) is 0 Å². The highest BCUT2D eigenvalue weighted by Crippen LogP contribution is 2.22. The van der Waals surface area contributed by atoms with Crippen molar-refractivity contribution in [2.24, 2.45) is 5.92 Å². The molecule has 2 aliphatic heterocycles. The fraction of sp³-hybridized carbons (Fsp3) is 0.632. The molecular formula is C19H28IN3O2. The molecule has 2 saturated heterocycles. The van der Waals surface area contributed by atoms with Crippen molar-refractivity contribution in [2.75, 3.05) is 38.0 Å². The standard InChI is InChI=1S/C19H28IN3O2/c1-14-11-22(12-15(2)25-14)13-16-7-9-23(10-8-16)19(24)21-18-6-4-3-5-17(18)20/h3-6,14-16H,7-13H2,1-2H3,(H,21,24). The Balaban J connectivity index is 1.45. The maximum absolute atomic E-state index is 12.5. The third kappa shape index (κ3) is 5.31. The number of urea groups is 1. The van der Waals surface area contributed by atoms with Crippen molar-refractivity contribution in [1.82, 2.24) is 9.80 Å². The van der Waals surface area contributed by atoms with E-state index in [1.807, 2.05) is 29.2 Å². The molecule has 25 heavy (non-hydrogen) atoms. The SMILES string of the molecule is CC1CN(CC2CCN(C(=O)Nc3ccccc3I)CC2)CC(C)O1. The summed E-state index contributed by atoms with van der Waals surface area (Å²) in [5.74, 6) is 0.679. The monoisotopic (exact) mass is 457 g/mol. The van der Waals surface area contributed by atoms with Gasteiger partial charge in [-0.3, -0.25) is 4.90 Å². The van der Waals surface area contributed by atoms with Crippen LogP contribution < -0.4 is 5.32 Å². The van der Waals surface area contributed by atoms with E-state index in [0.29, 0.717) is 18.1 Å². The first-order valence-electron chi connectivity index (χ1n) is 9.19. The molecule has 0 aromatic heterocycles. The Labute approximate surface area is 164 Å². The Morgan fingerprint density at radius 2 is 1.84 bits per heavy atom. The zero-order chi connectivity index (χ0) is 17.8. The molecule has 6 heteroatoms. The van der Waals surface area contributed by atoms with E-state index >= 15 is 0 Å². The predicted octanol–water partition coefficient (Wildman–Crippen LogP) is 3.64. The van der Waals surface area contributed by atoms with Crippen LogP contribution in [0.2, 0.25) is 0 Å². The Morgan fingerprint density at radius 3 is 2.48 bits per heavy atom. The number of halogens is 1. The first-order chi connectivity index (χ1) is 12.0. The number of anilines is 1. The van der Waals surface area contributed by atoms with Crippen LogP contribution in [0.5, 0.6) is 0 Å². The molecule has 2 atom stereocenters. The van der Waals surface area contributed by atoms with Crippen LogP contribution >= 0.6 is 22.6 Å². The summed E-state index contributed by atoms with van der Waals surface area (Å²) in [7, 11) is 0. The summed E-state index contributed by atoms with van der Waals surface area (Å²) in [6, 6.07) is 7.92. The van der Waals surface area contributed by atoms with Crippen LogP contribution in [0.4, 0.5) is 10.5 Å². The first kappa shape index (κ1) is 18.9. The Hall–Kier alpha value is -0.860. The van der Waals surface area contributed by atoms with Gasteiger partial charge in [0.15, 0.2) is 0 Å². The smallest absolute Gasteiger partial charge is 0.321 e. The molecule has 1 aromatic rings. The lowest BCUT2D eigenvalue weighted by molar-refractivity contribution is -0.0728. The van der Waals surface area contributed by atoms with Crippen LogP contribution in [0, 0.1) is 9.49 Å². The second-order valence-corrected chi connectivity index (χ2v) is 8.48. The van der Waals surface area contributed by atoms with E-state index in [9.17, 15) is 4.79 Å². The Kier molecular flexibility index (Phi) is 6.57. The lowest BCUT2D eigenvalue weighted by atomic mass is 9.96. The molecule has 0 spiro atoms. The molecular weight excluding hydrogens is 429 g/mol. The third-order valence-corrected chi connectivity index (χ3v) is 5.97. The number of nitrogens with zero attached hydrogens (tertiary/aromatic N) is 2. The summed E-state index contributed by atoms with van der Waals surface area (Å²) in [4.78, 5) is 17.0. The molecule has 2 amide bonds. The van der Waals surface area contributed by atoms with Crippen molar-refractivity contribution in [2.45, 2.75) is 38.9 Å². The highest BCUT2D eigenvalue weighted by atomic mass is 127. The van der Waals surface area contributed by atoms with Gasteiger partial charge < -0.3 is 15.0 Å². The van der Waals surface area contributed by atoms with Crippen molar-refractivity contribution in [1.29, 1.82) is 0 Å². The molecule has 3 rings (SSSR count). The van der Waals surface area contributed by atoms with Crippen LogP contribution in [0.1, 0.15) is 26.7 Å². The number of amides is 2. The quantitative estimate of drug-likeness (QED) is 0.706. The normalized spacial score (nSPS) is 25.8. The number of nitrogens with one attached hydrogen (secondary N) is 1. The molecule has 2 unspecified atom stereocenters. The number of ether oxygens (including phenoxy) is 1. The highest BCUT2D eigenvalue weighted by Gasteiger charge is 2.28. The zero-order valence-corrected chi connectivity index (χ0v) is 17.2. The largest absolute Gasteiger partial charge is 0.373 e. The van der Waals surface area contributed by atoms with Crippen molar-refractivity contribution >= 4 is 34.3 Å². The van der Waals surface area contributed by atoms with E-state index in [4.69, 9.17) is 4.74 Å². The van der Waals surface area contributed by atoms with Crippen molar-refractivity contribution in [3.05, 3.63) is 27.8 Å². The van der Waals surface area contributed by atoms with E-state index in [1.165, 1.54) is 0 Å². The summed E-state index contributed by atoms with van der Waals surface area (Å²) in [6.45, 7) is 9.17. The Bertz CT molecular complexity index is 580. The molecule has 2 fully saturated rings. The van der Waals surface area contributed by atoms with E-state index in [2.05, 4.69) is 46.7 Å². The second kappa shape index (κ2) is 8.68. The molecule has 2 aliphatic rings. The molecule has 138 valence electrons. The topological polar surface area (TPSA) is 44.8 Å².